The van der Waals surface area contributed by atoms with Gasteiger partial charge in [0.2, 0.25) is 5.82 Å². The molecule has 0 saturated carbocycles. The lowest BCUT2D eigenvalue weighted by atomic mass is 10.1. The van der Waals surface area contributed by atoms with Gasteiger partial charge in [-0.1, -0.05) is 29.8 Å². The van der Waals surface area contributed by atoms with Crippen molar-refractivity contribution >= 4 is 17.5 Å². The summed E-state index contributed by atoms with van der Waals surface area (Å²) in [7, 11) is 1.56. The number of carbonyl (C=O) groups is 2. The molecule has 2 aromatic carbocycles. The van der Waals surface area contributed by atoms with Gasteiger partial charge in [-0.3, -0.25) is 14.5 Å². The van der Waals surface area contributed by atoms with E-state index in [9.17, 15) is 9.59 Å². The van der Waals surface area contributed by atoms with E-state index in [4.69, 9.17) is 9.15 Å². The van der Waals surface area contributed by atoms with Gasteiger partial charge in [0.15, 0.2) is 6.04 Å². The van der Waals surface area contributed by atoms with Crippen LogP contribution >= 0.6 is 0 Å². The highest BCUT2D eigenvalue weighted by Crippen LogP contribution is 2.31. The average Bonchev–Trinajstić information content (AvgIpc) is 3.50. The van der Waals surface area contributed by atoms with E-state index in [-0.39, 0.29) is 12.5 Å². The Kier molecular flexibility index (Phi) is 7.61. The standard InChI is InChI=1S/C28H32N6O4/c1-18-7-10-20(11-8-18)26-30-32-33(31-26)17-24(35)34(21-12-14-22(37-6)15-13-21)25(23-16-9-19(2)38-23)27(36)29-28(3,4)5/h7-16,25H,17H2,1-6H3,(H,29,36)/t25-/m1/s1. The number of furan rings is 1. The number of hydrogen-bond acceptors (Lipinski definition) is 7. The number of methoxy groups -OCH3 is 1. The minimum absolute atomic E-state index is 0.246. The van der Waals surface area contributed by atoms with Gasteiger partial charge in [-0.2, -0.15) is 4.80 Å². The maximum atomic E-state index is 13.9. The van der Waals surface area contributed by atoms with Crippen LogP contribution in [0.15, 0.2) is 65.1 Å². The normalized spacial score (nSPS) is 12.2. The zero-order valence-corrected chi connectivity index (χ0v) is 22.4. The molecule has 0 unspecified atom stereocenters. The lowest BCUT2D eigenvalue weighted by molar-refractivity contribution is -0.128. The Morgan fingerprint density at radius 2 is 1.71 bits per heavy atom. The number of ether oxygens (including phenoxy) is 1. The molecule has 1 atom stereocenters. The van der Waals surface area contributed by atoms with E-state index in [1.54, 1.807) is 50.4 Å². The summed E-state index contributed by atoms with van der Waals surface area (Å²) in [5.41, 5.74) is 1.84. The molecule has 38 heavy (non-hydrogen) atoms. The molecule has 0 fully saturated rings. The summed E-state index contributed by atoms with van der Waals surface area (Å²) in [6.45, 7) is 9.16. The first-order chi connectivity index (χ1) is 18.0. The average molecular weight is 517 g/mol. The molecule has 10 heteroatoms. The van der Waals surface area contributed by atoms with Gasteiger partial charge in [-0.05, 0) is 76.2 Å². The van der Waals surface area contributed by atoms with Crippen LogP contribution in [-0.2, 0) is 16.1 Å². The first kappa shape index (κ1) is 26.6. The van der Waals surface area contributed by atoms with Gasteiger partial charge < -0.3 is 14.5 Å². The van der Waals surface area contributed by atoms with Gasteiger partial charge in [-0.25, -0.2) is 0 Å². The van der Waals surface area contributed by atoms with E-state index in [2.05, 4.69) is 20.7 Å². The molecule has 0 saturated heterocycles. The van der Waals surface area contributed by atoms with Crippen LogP contribution in [0.2, 0.25) is 0 Å². The topological polar surface area (TPSA) is 115 Å². The molecule has 2 aromatic heterocycles. The summed E-state index contributed by atoms with van der Waals surface area (Å²) in [6.07, 6.45) is 0. The Hall–Kier alpha value is -4.47. The quantitative estimate of drug-likeness (QED) is 0.372. The number of nitrogens with zero attached hydrogens (tertiary/aromatic N) is 5. The van der Waals surface area contributed by atoms with E-state index in [1.165, 1.54) is 9.70 Å². The molecule has 0 aliphatic carbocycles. The molecule has 4 rings (SSSR count). The molecule has 10 nitrogen and oxygen atoms in total. The highest BCUT2D eigenvalue weighted by atomic mass is 16.5. The predicted molar refractivity (Wildman–Crippen MR) is 143 cm³/mol. The van der Waals surface area contributed by atoms with Gasteiger partial charge in [0.25, 0.3) is 11.8 Å². The van der Waals surface area contributed by atoms with Crippen molar-refractivity contribution in [3.8, 4) is 17.1 Å². The van der Waals surface area contributed by atoms with E-state index in [1.807, 2.05) is 52.0 Å². The van der Waals surface area contributed by atoms with Crippen molar-refractivity contribution in [2.45, 2.75) is 52.7 Å². The van der Waals surface area contributed by atoms with Gasteiger partial charge >= 0.3 is 0 Å². The highest BCUT2D eigenvalue weighted by molar-refractivity contribution is 6.01. The van der Waals surface area contributed by atoms with Crippen LogP contribution in [0, 0.1) is 13.8 Å². The maximum Gasteiger partial charge on any atom is 0.251 e. The number of carbonyl (C=O) groups excluding carboxylic acids is 2. The number of hydrogen-bond donors (Lipinski definition) is 1. The fourth-order valence-corrected chi connectivity index (χ4v) is 3.92. The second-order valence-electron chi connectivity index (χ2n) is 10.1. The maximum absolute atomic E-state index is 13.9. The van der Waals surface area contributed by atoms with Crippen molar-refractivity contribution in [3.63, 3.8) is 0 Å². The van der Waals surface area contributed by atoms with E-state index in [0.717, 1.165) is 11.1 Å². The number of aromatic nitrogens is 4. The largest absolute Gasteiger partial charge is 0.497 e. The third-order valence-corrected chi connectivity index (χ3v) is 5.69. The summed E-state index contributed by atoms with van der Waals surface area (Å²) in [6, 6.07) is 17.0. The number of benzene rings is 2. The number of tetrazole rings is 1. The molecule has 0 radical (unpaired) electrons. The molecule has 0 aliphatic heterocycles. The first-order valence-electron chi connectivity index (χ1n) is 12.2. The van der Waals surface area contributed by atoms with E-state index < -0.39 is 17.5 Å². The van der Waals surface area contributed by atoms with Crippen LogP contribution < -0.4 is 15.0 Å². The second kappa shape index (κ2) is 10.9. The molecule has 2 heterocycles. The summed E-state index contributed by atoms with van der Waals surface area (Å²) >= 11 is 0. The Labute approximate surface area is 221 Å². The SMILES string of the molecule is COc1ccc(N(C(=O)Cn2nnc(-c3ccc(C)cc3)n2)[C@@H](C(=O)NC(C)(C)C)c2ccc(C)o2)cc1. The van der Waals surface area contributed by atoms with Crippen molar-refractivity contribution in [2.75, 3.05) is 12.0 Å². The van der Waals surface area contributed by atoms with Crippen LogP contribution in [0.25, 0.3) is 11.4 Å². The lowest BCUT2D eigenvalue weighted by Gasteiger charge is -2.32. The summed E-state index contributed by atoms with van der Waals surface area (Å²) in [5, 5.41) is 15.6. The monoisotopic (exact) mass is 516 g/mol. The fraction of sp³-hybridized carbons (Fsp3) is 0.321. The lowest BCUT2D eigenvalue weighted by Crippen LogP contribution is -2.50. The number of nitrogens with one attached hydrogen (secondary N) is 1. The van der Waals surface area contributed by atoms with Crippen LogP contribution in [0.4, 0.5) is 5.69 Å². The van der Waals surface area contributed by atoms with Crippen molar-refractivity contribution in [1.29, 1.82) is 0 Å². The third-order valence-electron chi connectivity index (χ3n) is 5.69. The minimum Gasteiger partial charge on any atom is -0.497 e. The Balaban J connectivity index is 1.72. The van der Waals surface area contributed by atoms with Crippen molar-refractivity contribution < 1.29 is 18.7 Å². The van der Waals surface area contributed by atoms with Crippen LogP contribution in [-0.4, -0.2) is 44.7 Å². The summed E-state index contributed by atoms with van der Waals surface area (Å²) < 4.78 is 11.2. The van der Waals surface area contributed by atoms with Gasteiger partial charge in [0.1, 0.15) is 23.8 Å². The molecule has 0 aliphatic rings. The molecule has 4 aromatic rings. The molecule has 0 bridgehead atoms. The number of aryl methyl sites for hydroxylation is 2. The van der Waals surface area contributed by atoms with Gasteiger partial charge in [0.05, 0.1) is 7.11 Å². The smallest absolute Gasteiger partial charge is 0.251 e. The fourth-order valence-electron chi connectivity index (χ4n) is 3.92. The second-order valence-corrected chi connectivity index (χ2v) is 10.1. The molecule has 198 valence electrons. The van der Waals surface area contributed by atoms with E-state index in [0.29, 0.717) is 28.8 Å². The predicted octanol–water partition coefficient (Wildman–Crippen LogP) is 4.25. The Morgan fingerprint density at radius 1 is 1.03 bits per heavy atom. The summed E-state index contributed by atoms with van der Waals surface area (Å²) in [4.78, 5) is 30.2. The van der Waals surface area contributed by atoms with E-state index >= 15 is 0 Å². The van der Waals surface area contributed by atoms with Crippen LogP contribution in [0.5, 0.6) is 5.75 Å². The van der Waals surface area contributed by atoms with Gasteiger partial charge in [0, 0.05) is 16.8 Å². The number of anilines is 1. The molecule has 0 spiro atoms. The van der Waals surface area contributed by atoms with Gasteiger partial charge in [-0.15, -0.1) is 10.2 Å². The van der Waals surface area contributed by atoms with Crippen molar-refractivity contribution in [1.82, 2.24) is 25.5 Å². The van der Waals surface area contributed by atoms with Crippen molar-refractivity contribution in [2.24, 2.45) is 0 Å². The molecule has 2 amide bonds. The zero-order valence-electron chi connectivity index (χ0n) is 22.4. The molecular weight excluding hydrogens is 484 g/mol. The first-order valence-corrected chi connectivity index (χ1v) is 12.2. The summed E-state index contributed by atoms with van der Waals surface area (Å²) in [5.74, 6) is 1.16. The highest BCUT2D eigenvalue weighted by Gasteiger charge is 2.37. The molecular formula is C28H32N6O4. The van der Waals surface area contributed by atoms with Crippen molar-refractivity contribution in [3.05, 3.63) is 77.7 Å². The Bertz CT molecular complexity index is 1400. The van der Waals surface area contributed by atoms with Crippen LogP contribution in [0.3, 0.4) is 0 Å². The minimum atomic E-state index is -1.08. The zero-order chi connectivity index (χ0) is 27.4. The molecule has 1 N–H and O–H groups in total. The Morgan fingerprint density at radius 3 is 2.29 bits per heavy atom. The third kappa shape index (κ3) is 6.26. The number of rotatable bonds is 8. The number of amides is 2. The van der Waals surface area contributed by atoms with Crippen LogP contribution in [0.1, 0.15) is 43.9 Å².